The minimum atomic E-state index is 0.0622. The van der Waals surface area contributed by atoms with Gasteiger partial charge in [-0.05, 0) is 48.9 Å². The summed E-state index contributed by atoms with van der Waals surface area (Å²) < 4.78 is 5.36. The van der Waals surface area contributed by atoms with Crippen LogP contribution in [0.4, 0.5) is 0 Å². The van der Waals surface area contributed by atoms with E-state index in [1.807, 2.05) is 18.2 Å². The van der Waals surface area contributed by atoms with Gasteiger partial charge < -0.3 is 10.5 Å². The molecule has 0 radical (unpaired) electrons. The van der Waals surface area contributed by atoms with Crippen molar-refractivity contribution >= 4 is 11.6 Å². The molecule has 2 nitrogen and oxygen atoms in total. The molecule has 1 fully saturated rings. The van der Waals surface area contributed by atoms with Crippen LogP contribution in [0.15, 0.2) is 18.2 Å². The van der Waals surface area contributed by atoms with E-state index in [0.717, 1.165) is 35.6 Å². The molecule has 2 rings (SSSR count). The Morgan fingerprint density at radius 2 is 2.19 bits per heavy atom. The predicted molar refractivity (Wildman–Crippen MR) is 67.2 cm³/mol. The molecule has 88 valence electrons. The van der Waals surface area contributed by atoms with Gasteiger partial charge in [0.15, 0.2) is 0 Å². The lowest BCUT2D eigenvalue weighted by molar-refractivity contribution is 0.402. The second kappa shape index (κ2) is 4.27. The first-order valence-electron chi connectivity index (χ1n) is 5.66. The summed E-state index contributed by atoms with van der Waals surface area (Å²) in [6.07, 6.45) is 3.28. The largest absolute Gasteiger partial charge is 0.496 e. The van der Waals surface area contributed by atoms with Crippen molar-refractivity contribution in [3.05, 3.63) is 28.8 Å². The maximum atomic E-state index is 6.14. The molecule has 0 saturated heterocycles. The van der Waals surface area contributed by atoms with E-state index in [0.29, 0.717) is 5.92 Å². The van der Waals surface area contributed by atoms with Crippen molar-refractivity contribution in [3.63, 3.8) is 0 Å². The lowest BCUT2D eigenvalue weighted by atomic mass is 9.92. The van der Waals surface area contributed by atoms with E-state index in [2.05, 4.69) is 6.92 Å². The van der Waals surface area contributed by atoms with E-state index in [4.69, 9.17) is 22.1 Å². The fraction of sp³-hybridized carbons (Fsp3) is 0.538. The van der Waals surface area contributed by atoms with Gasteiger partial charge in [-0.15, -0.1) is 0 Å². The van der Waals surface area contributed by atoms with Crippen LogP contribution in [0.3, 0.4) is 0 Å². The highest BCUT2D eigenvalue weighted by Gasteiger charge is 2.39. The zero-order valence-electron chi connectivity index (χ0n) is 9.79. The third-order valence-corrected chi connectivity index (χ3v) is 3.56. The van der Waals surface area contributed by atoms with Crippen molar-refractivity contribution < 1.29 is 4.74 Å². The number of ether oxygens (including phenoxy) is 1. The molecule has 0 aromatic heterocycles. The van der Waals surface area contributed by atoms with E-state index in [-0.39, 0.29) is 5.54 Å². The number of benzene rings is 1. The van der Waals surface area contributed by atoms with Crippen molar-refractivity contribution in [2.45, 2.75) is 37.6 Å². The van der Waals surface area contributed by atoms with Gasteiger partial charge in [0.1, 0.15) is 5.75 Å². The van der Waals surface area contributed by atoms with Crippen LogP contribution in [0.1, 0.15) is 37.7 Å². The number of halogens is 1. The number of hydrogen-bond donors (Lipinski definition) is 1. The monoisotopic (exact) mass is 239 g/mol. The molecular formula is C13H18ClNO. The Balaban J connectivity index is 2.20. The summed E-state index contributed by atoms with van der Waals surface area (Å²) in [5, 5.41) is 0.754. The van der Waals surface area contributed by atoms with Crippen LogP contribution in [0.2, 0.25) is 5.02 Å². The van der Waals surface area contributed by atoms with Crippen LogP contribution in [-0.2, 0) is 0 Å². The van der Waals surface area contributed by atoms with E-state index in [1.54, 1.807) is 7.11 Å². The molecule has 2 N–H and O–H groups in total. The molecule has 3 heteroatoms. The molecule has 0 spiro atoms. The van der Waals surface area contributed by atoms with Gasteiger partial charge in [-0.1, -0.05) is 18.5 Å². The Bertz CT molecular complexity index is 388. The van der Waals surface area contributed by atoms with Crippen molar-refractivity contribution in [1.29, 1.82) is 0 Å². The lowest BCUT2D eigenvalue weighted by Crippen LogP contribution is -2.23. The Morgan fingerprint density at radius 1 is 1.50 bits per heavy atom. The molecule has 1 aliphatic carbocycles. The minimum Gasteiger partial charge on any atom is -0.496 e. The van der Waals surface area contributed by atoms with Crippen molar-refractivity contribution in [1.82, 2.24) is 0 Å². The topological polar surface area (TPSA) is 35.2 Å². The molecule has 0 aliphatic heterocycles. The molecule has 1 aromatic rings. The molecule has 1 unspecified atom stereocenters. The first kappa shape index (κ1) is 11.7. The normalized spacial score (nSPS) is 19.2. The summed E-state index contributed by atoms with van der Waals surface area (Å²) in [5.74, 6) is 1.29. The fourth-order valence-electron chi connectivity index (χ4n) is 2.17. The van der Waals surface area contributed by atoms with Crippen LogP contribution < -0.4 is 10.5 Å². The summed E-state index contributed by atoms with van der Waals surface area (Å²) in [4.78, 5) is 0. The van der Waals surface area contributed by atoms with Crippen LogP contribution in [0.5, 0.6) is 5.75 Å². The highest BCUT2D eigenvalue weighted by atomic mass is 35.5. The Kier molecular flexibility index (Phi) is 3.13. The molecular weight excluding hydrogens is 222 g/mol. The average molecular weight is 240 g/mol. The maximum Gasteiger partial charge on any atom is 0.122 e. The summed E-state index contributed by atoms with van der Waals surface area (Å²) in [5.41, 5.74) is 7.36. The number of rotatable bonds is 4. The SMILES string of the molecule is COc1ccc(Cl)cc1C(C)CC1(N)CC1. The van der Waals surface area contributed by atoms with E-state index in [9.17, 15) is 0 Å². The van der Waals surface area contributed by atoms with Gasteiger partial charge in [0.25, 0.3) is 0 Å². The number of methoxy groups -OCH3 is 1. The van der Waals surface area contributed by atoms with Gasteiger partial charge in [-0.3, -0.25) is 0 Å². The Morgan fingerprint density at radius 3 is 2.75 bits per heavy atom. The third kappa shape index (κ3) is 2.50. The molecule has 1 saturated carbocycles. The third-order valence-electron chi connectivity index (χ3n) is 3.33. The Labute approximate surface area is 102 Å². The quantitative estimate of drug-likeness (QED) is 0.875. The second-order valence-electron chi connectivity index (χ2n) is 4.85. The van der Waals surface area contributed by atoms with E-state index < -0.39 is 0 Å². The molecule has 0 bridgehead atoms. The standard InChI is InChI=1S/C13H18ClNO/c1-9(8-13(15)5-6-13)11-7-10(14)3-4-12(11)16-2/h3-4,7,9H,5-6,8,15H2,1-2H3. The number of hydrogen-bond acceptors (Lipinski definition) is 2. The van der Waals surface area contributed by atoms with E-state index in [1.165, 1.54) is 0 Å². The summed E-state index contributed by atoms with van der Waals surface area (Å²) in [6.45, 7) is 2.18. The number of nitrogens with two attached hydrogens (primary N) is 1. The van der Waals surface area contributed by atoms with Gasteiger partial charge in [0.2, 0.25) is 0 Å². The molecule has 0 heterocycles. The van der Waals surface area contributed by atoms with Gasteiger partial charge in [-0.25, -0.2) is 0 Å². The molecule has 1 atom stereocenters. The van der Waals surface area contributed by atoms with E-state index >= 15 is 0 Å². The minimum absolute atomic E-state index is 0.0622. The van der Waals surface area contributed by atoms with Crippen LogP contribution >= 0.6 is 11.6 Å². The maximum absolute atomic E-state index is 6.14. The first-order chi connectivity index (χ1) is 7.54. The summed E-state index contributed by atoms with van der Waals surface area (Å²) in [7, 11) is 1.69. The van der Waals surface area contributed by atoms with Crippen LogP contribution in [0.25, 0.3) is 0 Å². The van der Waals surface area contributed by atoms with Crippen molar-refractivity contribution in [2.75, 3.05) is 7.11 Å². The van der Waals surface area contributed by atoms with Gasteiger partial charge in [0.05, 0.1) is 7.11 Å². The zero-order valence-corrected chi connectivity index (χ0v) is 10.6. The molecule has 0 amide bonds. The summed E-state index contributed by atoms with van der Waals surface area (Å²) in [6, 6.07) is 5.76. The Hall–Kier alpha value is -0.730. The molecule has 1 aliphatic rings. The fourth-order valence-corrected chi connectivity index (χ4v) is 2.36. The van der Waals surface area contributed by atoms with Gasteiger partial charge in [0, 0.05) is 10.6 Å². The molecule has 1 aromatic carbocycles. The summed E-state index contributed by atoms with van der Waals surface area (Å²) >= 11 is 6.02. The highest BCUT2D eigenvalue weighted by molar-refractivity contribution is 6.30. The van der Waals surface area contributed by atoms with Crippen molar-refractivity contribution in [3.8, 4) is 5.75 Å². The smallest absolute Gasteiger partial charge is 0.122 e. The zero-order chi connectivity index (χ0) is 11.8. The molecule has 16 heavy (non-hydrogen) atoms. The first-order valence-corrected chi connectivity index (χ1v) is 6.04. The lowest BCUT2D eigenvalue weighted by Gasteiger charge is -2.19. The average Bonchev–Trinajstić information content (AvgIpc) is 2.96. The van der Waals surface area contributed by atoms with Crippen LogP contribution in [0, 0.1) is 0 Å². The van der Waals surface area contributed by atoms with Crippen molar-refractivity contribution in [2.24, 2.45) is 5.73 Å². The predicted octanol–water partition coefficient (Wildman–Crippen LogP) is 3.33. The van der Waals surface area contributed by atoms with Gasteiger partial charge >= 0.3 is 0 Å². The van der Waals surface area contributed by atoms with Gasteiger partial charge in [-0.2, -0.15) is 0 Å². The highest BCUT2D eigenvalue weighted by Crippen LogP contribution is 2.42. The van der Waals surface area contributed by atoms with Crippen LogP contribution in [-0.4, -0.2) is 12.6 Å². The second-order valence-corrected chi connectivity index (χ2v) is 5.29.